The predicted molar refractivity (Wildman–Crippen MR) is 129 cm³/mol. The molecule has 1 aliphatic rings. The van der Waals surface area contributed by atoms with Crippen LogP contribution in [-0.2, 0) is 35.5 Å². The lowest BCUT2D eigenvalue weighted by molar-refractivity contribution is -0.215. The fraction of sp³-hybridized carbons (Fsp3) is 0.269. The van der Waals surface area contributed by atoms with E-state index in [0.717, 1.165) is 5.75 Å². The highest BCUT2D eigenvalue weighted by molar-refractivity contribution is 7.99. The van der Waals surface area contributed by atoms with Crippen LogP contribution in [0.5, 0.6) is 0 Å². The van der Waals surface area contributed by atoms with Gasteiger partial charge in [0.25, 0.3) is 0 Å². The number of methoxy groups -OCH3 is 1. The average molecular weight is 483 g/mol. The van der Waals surface area contributed by atoms with Gasteiger partial charge in [-0.3, -0.25) is 4.79 Å². The number of benzene rings is 3. The molecule has 0 amide bonds. The van der Waals surface area contributed by atoms with Crippen LogP contribution in [0, 0.1) is 0 Å². The van der Waals surface area contributed by atoms with Crippen LogP contribution in [0.15, 0.2) is 94.7 Å². The molecule has 7 heteroatoms. The normalized spacial score (nSPS) is 23.4. The molecule has 172 valence electrons. The summed E-state index contributed by atoms with van der Waals surface area (Å²) >= 11 is 1.64. The lowest BCUT2D eigenvalue weighted by Gasteiger charge is -2.41. The van der Waals surface area contributed by atoms with Gasteiger partial charge in [0.1, 0.15) is 0 Å². The topological polar surface area (TPSA) is 69.7 Å². The Kier molecular flexibility index (Phi) is 7.05. The molecule has 3 aromatic rings. The molecule has 0 unspecified atom stereocenters. The summed E-state index contributed by atoms with van der Waals surface area (Å²) in [4.78, 5) is 13.6. The van der Waals surface area contributed by atoms with Crippen LogP contribution in [0.3, 0.4) is 0 Å². The number of ketones is 1. The minimum absolute atomic E-state index is 0.0555. The molecule has 4 rings (SSSR count). The third-order valence-corrected chi connectivity index (χ3v) is 8.98. The molecular formula is C26H26O5S2. The van der Waals surface area contributed by atoms with Gasteiger partial charge in [-0.25, -0.2) is 8.42 Å². The molecule has 3 aromatic carbocycles. The largest absolute Gasteiger partial charge is 0.355 e. The van der Waals surface area contributed by atoms with E-state index < -0.39 is 21.7 Å². The Morgan fingerprint density at radius 2 is 1.52 bits per heavy atom. The molecule has 0 radical (unpaired) electrons. The third kappa shape index (κ3) is 4.92. The SMILES string of the molecule is CO[C@H]1O[C@@](C)(c2ccc(S(=O)(=O)c3ccccc3)cc2)C(=O)C[C@@H]1SCc1ccccc1. The zero-order chi connectivity index (χ0) is 23.5. The zero-order valence-electron chi connectivity index (χ0n) is 18.5. The number of rotatable bonds is 7. The van der Waals surface area contributed by atoms with Crippen LogP contribution in [0.4, 0.5) is 0 Å². The molecule has 1 saturated heterocycles. The second kappa shape index (κ2) is 9.81. The number of carbonyl (C=O) groups excluding carboxylic acids is 1. The lowest BCUT2D eigenvalue weighted by atomic mass is 9.86. The molecule has 0 bridgehead atoms. The Morgan fingerprint density at radius 3 is 2.12 bits per heavy atom. The second-order valence-electron chi connectivity index (χ2n) is 8.06. The number of carbonyl (C=O) groups is 1. The average Bonchev–Trinajstić information content (AvgIpc) is 2.85. The highest BCUT2D eigenvalue weighted by atomic mass is 32.2. The van der Waals surface area contributed by atoms with E-state index in [1.165, 1.54) is 17.7 Å². The first-order valence-electron chi connectivity index (χ1n) is 10.6. The maximum absolute atomic E-state index is 13.2. The van der Waals surface area contributed by atoms with E-state index in [0.29, 0.717) is 12.0 Å². The van der Waals surface area contributed by atoms with Crippen molar-refractivity contribution in [1.29, 1.82) is 0 Å². The molecule has 3 atom stereocenters. The molecule has 5 nitrogen and oxygen atoms in total. The summed E-state index contributed by atoms with van der Waals surface area (Å²) in [5.41, 5.74) is 0.570. The lowest BCUT2D eigenvalue weighted by Crippen LogP contribution is -2.50. The number of Topliss-reactive ketones (excluding diaryl/α,β-unsaturated/α-hetero) is 1. The maximum Gasteiger partial charge on any atom is 0.206 e. The number of thioether (sulfide) groups is 1. The first-order chi connectivity index (χ1) is 15.8. The first-order valence-corrected chi connectivity index (χ1v) is 13.2. The van der Waals surface area contributed by atoms with E-state index in [1.54, 1.807) is 68.3 Å². The van der Waals surface area contributed by atoms with Gasteiger partial charge in [-0.1, -0.05) is 60.7 Å². The minimum Gasteiger partial charge on any atom is -0.355 e. The van der Waals surface area contributed by atoms with Crippen molar-refractivity contribution in [3.8, 4) is 0 Å². The Bertz CT molecular complexity index is 1190. The van der Waals surface area contributed by atoms with E-state index in [2.05, 4.69) is 12.1 Å². The van der Waals surface area contributed by atoms with Crippen LogP contribution in [-0.4, -0.2) is 32.9 Å². The second-order valence-corrected chi connectivity index (χ2v) is 11.2. The molecule has 1 aliphatic heterocycles. The zero-order valence-corrected chi connectivity index (χ0v) is 20.1. The Hall–Kier alpha value is -2.45. The summed E-state index contributed by atoms with van der Waals surface area (Å²) < 4.78 is 37.5. The molecule has 0 spiro atoms. The van der Waals surface area contributed by atoms with Gasteiger partial charge in [-0.05, 0) is 42.3 Å². The molecular weight excluding hydrogens is 456 g/mol. The number of hydrogen-bond donors (Lipinski definition) is 0. The summed E-state index contributed by atoms with van der Waals surface area (Å²) in [5, 5.41) is -0.131. The van der Waals surface area contributed by atoms with Gasteiger partial charge in [0, 0.05) is 19.3 Å². The number of sulfone groups is 1. The fourth-order valence-electron chi connectivity index (χ4n) is 3.88. The summed E-state index contributed by atoms with van der Waals surface area (Å²) in [5.74, 6) is 0.699. The summed E-state index contributed by atoms with van der Waals surface area (Å²) in [6.07, 6.45) is -0.259. The van der Waals surface area contributed by atoms with Crippen LogP contribution in [0.1, 0.15) is 24.5 Å². The van der Waals surface area contributed by atoms with E-state index in [4.69, 9.17) is 9.47 Å². The summed E-state index contributed by atoms with van der Waals surface area (Å²) in [6.45, 7) is 1.72. The van der Waals surface area contributed by atoms with Gasteiger partial charge >= 0.3 is 0 Å². The van der Waals surface area contributed by atoms with Gasteiger partial charge in [-0.15, -0.1) is 11.8 Å². The van der Waals surface area contributed by atoms with Crippen LogP contribution >= 0.6 is 11.8 Å². The molecule has 0 aromatic heterocycles. The molecule has 0 N–H and O–H groups in total. The number of ether oxygens (including phenoxy) is 2. The minimum atomic E-state index is -3.63. The Labute approximate surface area is 199 Å². The van der Waals surface area contributed by atoms with Crippen LogP contribution in [0.2, 0.25) is 0 Å². The Morgan fingerprint density at radius 1 is 0.939 bits per heavy atom. The Balaban J connectivity index is 1.52. The smallest absolute Gasteiger partial charge is 0.206 e. The van der Waals surface area contributed by atoms with E-state index in [9.17, 15) is 13.2 Å². The quantitative estimate of drug-likeness (QED) is 0.472. The summed E-state index contributed by atoms with van der Waals surface area (Å²) in [7, 11) is -2.06. The van der Waals surface area contributed by atoms with Crippen molar-refractivity contribution < 1.29 is 22.7 Å². The first kappa shape index (κ1) is 23.7. The van der Waals surface area contributed by atoms with E-state index in [1.807, 2.05) is 18.2 Å². The monoisotopic (exact) mass is 482 g/mol. The van der Waals surface area contributed by atoms with Gasteiger partial charge < -0.3 is 9.47 Å². The molecule has 33 heavy (non-hydrogen) atoms. The van der Waals surface area contributed by atoms with E-state index in [-0.39, 0.29) is 20.8 Å². The van der Waals surface area contributed by atoms with Gasteiger partial charge in [0.2, 0.25) is 9.84 Å². The highest BCUT2D eigenvalue weighted by Gasteiger charge is 2.46. The van der Waals surface area contributed by atoms with Crippen LogP contribution < -0.4 is 0 Å². The van der Waals surface area contributed by atoms with E-state index >= 15 is 0 Å². The molecule has 0 saturated carbocycles. The number of hydrogen-bond acceptors (Lipinski definition) is 6. The fourth-order valence-corrected chi connectivity index (χ4v) is 6.35. The standard InChI is InChI=1S/C26H26O5S2/c1-26(20-13-15-22(16-14-20)33(28,29)21-11-7-4-8-12-21)24(27)17-23(25(30-2)31-26)32-18-19-9-5-3-6-10-19/h3-16,23,25H,17-18H2,1-2H3/t23-,25-,26-/m0/s1. The van der Waals surface area contributed by atoms with Gasteiger partial charge in [0.05, 0.1) is 15.0 Å². The van der Waals surface area contributed by atoms with Crippen molar-refractivity contribution >= 4 is 27.4 Å². The van der Waals surface area contributed by atoms with Crippen molar-refractivity contribution in [2.45, 2.75) is 46.0 Å². The van der Waals surface area contributed by atoms with Crippen molar-refractivity contribution in [2.24, 2.45) is 0 Å². The van der Waals surface area contributed by atoms with Crippen molar-refractivity contribution in [2.75, 3.05) is 7.11 Å². The molecule has 1 fully saturated rings. The predicted octanol–water partition coefficient (Wildman–Crippen LogP) is 5.00. The van der Waals surface area contributed by atoms with Crippen LogP contribution in [0.25, 0.3) is 0 Å². The van der Waals surface area contributed by atoms with Gasteiger partial charge in [0.15, 0.2) is 17.7 Å². The molecule has 0 aliphatic carbocycles. The summed E-state index contributed by atoms with van der Waals surface area (Å²) in [6, 6.07) is 24.7. The van der Waals surface area contributed by atoms with Crippen molar-refractivity contribution in [3.63, 3.8) is 0 Å². The third-order valence-electron chi connectivity index (χ3n) is 5.88. The van der Waals surface area contributed by atoms with Gasteiger partial charge in [-0.2, -0.15) is 0 Å². The highest BCUT2D eigenvalue weighted by Crippen LogP contribution is 2.40. The maximum atomic E-state index is 13.2. The van der Waals surface area contributed by atoms with Crippen molar-refractivity contribution in [1.82, 2.24) is 0 Å². The van der Waals surface area contributed by atoms with Crippen molar-refractivity contribution in [3.05, 3.63) is 96.1 Å². The molecule has 1 heterocycles.